The van der Waals surface area contributed by atoms with Crippen molar-refractivity contribution in [1.29, 1.82) is 0 Å². The van der Waals surface area contributed by atoms with E-state index in [2.05, 4.69) is 0 Å². The number of carbonyl (C=O) groups excluding carboxylic acids is 1. The molecule has 12 heavy (non-hydrogen) atoms. The Morgan fingerprint density at radius 2 is 1.92 bits per heavy atom. The summed E-state index contributed by atoms with van der Waals surface area (Å²) < 4.78 is 35.0. The van der Waals surface area contributed by atoms with Crippen molar-refractivity contribution in [2.45, 2.75) is 32.0 Å². The SMILES string of the molecule is CC1CC(NC(=O)C(F)(F)F)C1. The van der Waals surface area contributed by atoms with Crippen LogP contribution in [-0.4, -0.2) is 18.1 Å². The molecule has 0 heterocycles. The van der Waals surface area contributed by atoms with Gasteiger partial charge in [-0.05, 0) is 18.8 Å². The van der Waals surface area contributed by atoms with Gasteiger partial charge in [0.2, 0.25) is 0 Å². The summed E-state index contributed by atoms with van der Waals surface area (Å²) in [5.74, 6) is -1.39. The molecule has 1 amide bonds. The van der Waals surface area contributed by atoms with Gasteiger partial charge in [-0.25, -0.2) is 0 Å². The summed E-state index contributed by atoms with van der Waals surface area (Å²) in [4.78, 5) is 10.3. The molecular formula is C7H10F3NO. The van der Waals surface area contributed by atoms with Crippen molar-refractivity contribution >= 4 is 5.91 Å². The third-order valence-corrected chi connectivity index (χ3v) is 1.97. The highest BCUT2D eigenvalue weighted by atomic mass is 19.4. The minimum absolute atomic E-state index is 0.269. The summed E-state index contributed by atoms with van der Waals surface area (Å²) in [5, 5.41) is 1.92. The minimum Gasteiger partial charge on any atom is -0.346 e. The number of halogens is 3. The lowest BCUT2D eigenvalue weighted by Crippen LogP contribution is -2.48. The molecule has 0 aromatic heterocycles. The molecule has 0 radical (unpaired) electrons. The molecule has 0 spiro atoms. The van der Waals surface area contributed by atoms with Crippen molar-refractivity contribution in [2.24, 2.45) is 5.92 Å². The fraction of sp³-hybridized carbons (Fsp3) is 0.857. The maximum atomic E-state index is 11.7. The van der Waals surface area contributed by atoms with Crippen LogP contribution in [-0.2, 0) is 4.79 Å². The molecule has 1 aliphatic rings. The Morgan fingerprint density at radius 3 is 2.25 bits per heavy atom. The van der Waals surface area contributed by atoms with Crippen LogP contribution >= 0.6 is 0 Å². The first-order chi connectivity index (χ1) is 5.39. The van der Waals surface area contributed by atoms with Crippen LogP contribution in [0.1, 0.15) is 19.8 Å². The Balaban J connectivity index is 2.28. The van der Waals surface area contributed by atoms with Crippen LogP contribution in [0.25, 0.3) is 0 Å². The van der Waals surface area contributed by atoms with Crippen molar-refractivity contribution in [3.05, 3.63) is 0 Å². The second-order valence-corrected chi connectivity index (χ2v) is 3.24. The number of amides is 1. The van der Waals surface area contributed by atoms with Gasteiger partial charge in [0.15, 0.2) is 0 Å². The van der Waals surface area contributed by atoms with Crippen LogP contribution in [0, 0.1) is 5.92 Å². The largest absolute Gasteiger partial charge is 0.471 e. The average molecular weight is 181 g/mol. The quantitative estimate of drug-likeness (QED) is 0.652. The van der Waals surface area contributed by atoms with E-state index in [4.69, 9.17) is 0 Å². The zero-order valence-electron chi connectivity index (χ0n) is 6.61. The van der Waals surface area contributed by atoms with Crippen LogP contribution in [0.3, 0.4) is 0 Å². The molecule has 5 heteroatoms. The molecule has 0 aromatic carbocycles. The van der Waals surface area contributed by atoms with Crippen molar-refractivity contribution in [1.82, 2.24) is 5.32 Å². The predicted octanol–water partition coefficient (Wildman–Crippen LogP) is 1.46. The van der Waals surface area contributed by atoms with Gasteiger partial charge in [-0.3, -0.25) is 4.79 Å². The Morgan fingerprint density at radius 1 is 1.42 bits per heavy atom. The number of hydrogen-bond acceptors (Lipinski definition) is 1. The van der Waals surface area contributed by atoms with E-state index in [1.54, 1.807) is 0 Å². The van der Waals surface area contributed by atoms with Gasteiger partial charge in [0, 0.05) is 6.04 Å². The van der Waals surface area contributed by atoms with E-state index in [0.29, 0.717) is 18.8 Å². The first-order valence-corrected chi connectivity index (χ1v) is 3.77. The average Bonchev–Trinajstić information content (AvgIpc) is 1.82. The lowest BCUT2D eigenvalue weighted by molar-refractivity contribution is -0.175. The molecule has 0 unspecified atom stereocenters. The summed E-state index contributed by atoms with van der Waals surface area (Å²) in [7, 11) is 0. The van der Waals surface area contributed by atoms with Crippen molar-refractivity contribution < 1.29 is 18.0 Å². The van der Waals surface area contributed by atoms with Gasteiger partial charge in [-0.2, -0.15) is 13.2 Å². The van der Waals surface area contributed by atoms with Gasteiger partial charge in [0.25, 0.3) is 0 Å². The fourth-order valence-corrected chi connectivity index (χ4v) is 1.29. The van der Waals surface area contributed by atoms with Crippen LogP contribution in [0.2, 0.25) is 0 Å². The standard InChI is InChI=1S/C7H10F3NO/c1-4-2-5(3-4)11-6(12)7(8,9)10/h4-5H,2-3H2,1H3,(H,11,12). The Kier molecular flexibility index (Phi) is 2.30. The second-order valence-electron chi connectivity index (χ2n) is 3.24. The molecule has 0 atom stereocenters. The number of alkyl halides is 3. The first kappa shape index (κ1) is 9.35. The number of rotatable bonds is 1. The molecule has 1 N–H and O–H groups in total. The molecule has 0 aliphatic heterocycles. The lowest BCUT2D eigenvalue weighted by Gasteiger charge is -2.33. The van der Waals surface area contributed by atoms with Gasteiger partial charge in [0.1, 0.15) is 0 Å². The van der Waals surface area contributed by atoms with Crippen molar-refractivity contribution in [3.8, 4) is 0 Å². The molecule has 1 aliphatic carbocycles. The molecule has 1 rings (SSSR count). The lowest BCUT2D eigenvalue weighted by atomic mass is 9.82. The van der Waals surface area contributed by atoms with Crippen molar-refractivity contribution in [3.63, 3.8) is 0 Å². The normalized spacial score (nSPS) is 29.3. The topological polar surface area (TPSA) is 29.1 Å². The van der Waals surface area contributed by atoms with E-state index >= 15 is 0 Å². The molecule has 1 fully saturated rings. The summed E-state index contributed by atoms with van der Waals surface area (Å²) in [6, 6.07) is -0.269. The van der Waals surface area contributed by atoms with E-state index in [0.717, 1.165) is 0 Å². The Labute approximate surface area is 68.1 Å². The number of nitrogens with one attached hydrogen (secondary N) is 1. The zero-order chi connectivity index (χ0) is 9.35. The van der Waals surface area contributed by atoms with Crippen LogP contribution in [0.15, 0.2) is 0 Å². The second kappa shape index (κ2) is 2.95. The van der Waals surface area contributed by atoms with Crippen molar-refractivity contribution in [2.75, 3.05) is 0 Å². The smallest absolute Gasteiger partial charge is 0.346 e. The van der Waals surface area contributed by atoms with Gasteiger partial charge in [0.05, 0.1) is 0 Å². The maximum absolute atomic E-state index is 11.7. The summed E-state index contributed by atoms with van der Waals surface area (Å²) in [5.41, 5.74) is 0. The van der Waals surface area contributed by atoms with E-state index in [-0.39, 0.29) is 6.04 Å². The van der Waals surface area contributed by atoms with E-state index in [1.165, 1.54) is 0 Å². The number of hydrogen-bond donors (Lipinski definition) is 1. The molecule has 0 saturated heterocycles. The fourth-order valence-electron chi connectivity index (χ4n) is 1.29. The third-order valence-electron chi connectivity index (χ3n) is 1.97. The zero-order valence-corrected chi connectivity index (χ0v) is 6.61. The molecule has 2 nitrogen and oxygen atoms in total. The summed E-state index contributed by atoms with van der Waals surface area (Å²) in [6.07, 6.45) is -3.43. The number of carbonyl (C=O) groups is 1. The monoisotopic (exact) mass is 181 g/mol. The summed E-state index contributed by atoms with van der Waals surface area (Å²) in [6.45, 7) is 1.94. The van der Waals surface area contributed by atoms with Crippen LogP contribution < -0.4 is 5.32 Å². The molecule has 1 saturated carbocycles. The van der Waals surface area contributed by atoms with Gasteiger partial charge < -0.3 is 5.32 Å². The van der Waals surface area contributed by atoms with Gasteiger partial charge in [-0.15, -0.1) is 0 Å². The molecular weight excluding hydrogens is 171 g/mol. The maximum Gasteiger partial charge on any atom is 0.471 e. The summed E-state index contributed by atoms with van der Waals surface area (Å²) >= 11 is 0. The molecule has 0 bridgehead atoms. The van der Waals surface area contributed by atoms with E-state index < -0.39 is 12.1 Å². The van der Waals surface area contributed by atoms with Crippen LogP contribution in [0.4, 0.5) is 13.2 Å². The predicted molar refractivity (Wildman–Crippen MR) is 36.4 cm³/mol. The van der Waals surface area contributed by atoms with E-state index in [9.17, 15) is 18.0 Å². The molecule has 0 aromatic rings. The highest BCUT2D eigenvalue weighted by molar-refractivity contribution is 5.82. The van der Waals surface area contributed by atoms with Crippen LogP contribution in [0.5, 0.6) is 0 Å². The molecule has 70 valence electrons. The Bertz CT molecular complexity index is 184. The third kappa shape index (κ3) is 2.12. The minimum atomic E-state index is -4.74. The highest BCUT2D eigenvalue weighted by Gasteiger charge is 2.41. The Hall–Kier alpha value is -0.740. The van der Waals surface area contributed by atoms with Gasteiger partial charge in [-0.1, -0.05) is 6.92 Å². The first-order valence-electron chi connectivity index (χ1n) is 3.77. The van der Waals surface area contributed by atoms with E-state index in [1.807, 2.05) is 12.2 Å². The van der Waals surface area contributed by atoms with Gasteiger partial charge >= 0.3 is 12.1 Å². The highest BCUT2D eigenvalue weighted by Crippen LogP contribution is 2.27.